The van der Waals surface area contributed by atoms with E-state index in [0.29, 0.717) is 18.1 Å². The van der Waals surface area contributed by atoms with Crippen molar-refractivity contribution in [3.8, 4) is 11.4 Å². The summed E-state index contributed by atoms with van der Waals surface area (Å²) in [7, 11) is 0. The zero-order valence-electron chi connectivity index (χ0n) is 16.5. The van der Waals surface area contributed by atoms with E-state index < -0.39 is 0 Å². The van der Waals surface area contributed by atoms with Crippen LogP contribution in [0, 0.1) is 0 Å². The minimum Gasteiger partial charge on any atom is -0.456 e. The molecule has 0 amide bonds. The van der Waals surface area contributed by atoms with Gasteiger partial charge in [0.15, 0.2) is 0 Å². The number of nitrogens with one attached hydrogen (secondary N) is 2. The van der Waals surface area contributed by atoms with Crippen LogP contribution in [0.2, 0.25) is 0 Å². The second-order valence-electron chi connectivity index (χ2n) is 7.67. The first kappa shape index (κ1) is 18.1. The van der Waals surface area contributed by atoms with Gasteiger partial charge in [-0.3, -0.25) is 10.1 Å². The normalized spacial score (nSPS) is 17.9. The second kappa shape index (κ2) is 7.19. The van der Waals surface area contributed by atoms with Crippen LogP contribution in [-0.2, 0) is 11.3 Å². The molecule has 5 aromatic rings. The maximum Gasteiger partial charge on any atom is 0.251 e. The molecule has 1 aliphatic heterocycles. The number of benzene rings is 3. The average molecular weight is 409 g/mol. The molecule has 6 nitrogen and oxygen atoms in total. The summed E-state index contributed by atoms with van der Waals surface area (Å²) in [5, 5.41) is 5.62. The smallest absolute Gasteiger partial charge is 0.251 e. The van der Waals surface area contributed by atoms with Crippen molar-refractivity contribution in [2.24, 2.45) is 0 Å². The zero-order valence-corrected chi connectivity index (χ0v) is 16.5. The zero-order chi connectivity index (χ0) is 20.8. The van der Waals surface area contributed by atoms with Gasteiger partial charge in [-0.15, -0.1) is 0 Å². The largest absolute Gasteiger partial charge is 0.456 e. The first-order valence-corrected chi connectivity index (χ1v) is 10.2. The number of hydrogen-bond acceptors (Lipinski definition) is 5. The lowest BCUT2D eigenvalue weighted by atomic mass is 10.1. The molecule has 2 unspecified atom stereocenters. The van der Waals surface area contributed by atoms with Crippen molar-refractivity contribution in [3.05, 3.63) is 100 Å². The van der Waals surface area contributed by atoms with E-state index in [9.17, 15) is 4.79 Å². The van der Waals surface area contributed by atoms with E-state index >= 15 is 0 Å². The van der Waals surface area contributed by atoms with Crippen molar-refractivity contribution < 1.29 is 9.15 Å². The number of ether oxygens (including phenoxy) is 1. The van der Waals surface area contributed by atoms with E-state index in [-0.39, 0.29) is 17.9 Å². The van der Waals surface area contributed by atoms with Gasteiger partial charge in [0.25, 0.3) is 5.56 Å². The number of epoxide rings is 1. The molecule has 152 valence electrons. The van der Waals surface area contributed by atoms with E-state index in [2.05, 4.69) is 27.4 Å². The van der Waals surface area contributed by atoms with Gasteiger partial charge >= 0.3 is 0 Å². The van der Waals surface area contributed by atoms with Gasteiger partial charge in [0.05, 0.1) is 5.69 Å². The Morgan fingerprint density at radius 2 is 1.71 bits per heavy atom. The molecular formula is C25H19N3O3. The Kier molecular flexibility index (Phi) is 4.19. The van der Waals surface area contributed by atoms with Crippen molar-refractivity contribution in [2.75, 3.05) is 0 Å². The molecule has 6 heteroatoms. The van der Waals surface area contributed by atoms with Gasteiger partial charge < -0.3 is 14.1 Å². The maximum atomic E-state index is 12.1. The number of aromatic nitrogens is 2. The van der Waals surface area contributed by atoms with Crippen LogP contribution in [0.25, 0.3) is 33.3 Å². The van der Waals surface area contributed by atoms with E-state index in [0.717, 1.165) is 33.1 Å². The van der Waals surface area contributed by atoms with Crippen molar-refractivity contribution in [1.29, 1.82) is 0 Å². The fourth-order valence-electron chi connectivity index (χ4n) is 3.95. The van der Waals surface area contributed by atoms with Gasteiger partial charge in [-0.05, 0) is 23.8 Å². The molecule has 2 aromatic heterocycles. The second-order valence-corrected chi connectivity index (χ2v) is 7.67. The minimum absolute atomic E-state index is 0.172. The lowest BCUT2D eigenvalue weighted by Crippen LogP contribution is -2.18. The molecule has 0 bridgehead atoms. The molecule has 0 aliphatic carbocycles. The molecule has 1 fully saturated rings. The summed E-state index contributed by atoms with van der Waals surface area (Å²) in [6, 6.07) is 25.3. The van der Waals surface area contributed by atoms with Crippen LogP contribution in [0.3, 0.4) is 0 Å². The molecule has 1 saturated heterocycles. The molecule has 2 atom stereocenters. The lowest BCUT2D eigenvalue weighted by Gasteiger charge is -2.04. The Hall–Kier alpha value is -3.74. The Labute approximate surface area is 177 Å². The lowest BCUT2D eigenvalue weighted by molar-refractivity contribution is 0.344. The summed E-state index contributed by atoms with van der Waals surface area (Å²) in [5.74, 6) is 0.551. The van der Waals surface area contributed by atoms with Crippen LogP contribution in [0.1, 0.15) is 17.4 Å². The van der Waals surface area contributed by atoms with Gasteiger partial charge in [0, 0.05) is 28.9 Å². The Balaban J connectivity index is 1.19. The third-order valence-corrected chi connectivity index (χ3v) is 5.54. The van der Waals surface area contributed by atoms with Crippen LogP contribution < -0.4 is 10.9 Å². The van der Waals surface area contributed by atoms with Gasteiger partial charge in [-0.2, -0.15) is 0 Å². The van der Waals surface area contributed by atoms with Crippen LogP contribution >= 0.6 is 0 Å². The van der Waals surface area contributed by atoms with Gasteiger partial charge in [-0.1, -0.05) is 54.6 Å². The molecule has 1 aliphatic rings. The molecule has 0 saturated carbocycles. The van der Waals surface area contributed by atoms with E-state index in [4.69, 9.17) is 9.15 Å². The average Bonchev–Trinajstić information content (AvgIpc) is 3.50. The number of aromatic amines is 1. The highest BCUT2D eigenvalue weighted by atomic mass is 16.6. The van der Waals surface area contributed by atoms with Crippen LogP contribution in [0.15, 0.2) is 88.1 Å². The summed E-state index contributed by atoms with van der Waals surface area (Å²) in [6.07, 6.45) is -0.405. The van der Waals surface area contributed by atoms with Gasteiger partial charge in [0.2, 0.25) is 0 Å². The molecule has 0 radical (unpaired) electrons. The third-order valence-electron chi connectivity index (χ3n) is 5.54. The topological polar surface area (TPSA) is 83.4 Å². The molecule has 6 rings (SSSR count). The first-order chi connectivity index (χ1) is 15.2. The van der Waals surface area contributed by atoms with E-state index in [1.807, 2.05) is 60.7 Å². The van der Waals surface area contributed by atoms with Crippen molar-refractivity contribution in [1.82, 2.24) is 15.3 Å². The monoisotopic (exact) mass is 409 g/mol. The number of furan rings is 1. The molecule has 2 N–H and O–H groups in total. The maximum absolute atomic E-state index is 12.1. The number of H-pyrrole nitrogens is 1. The van der Waals surface area contributed by atoms with E-state index in [1.165, 1.54) is 6.07 Å². The van der Waals surface area contributed by atoms with Crippen LogP contribution in [0.5, 0.6) is 0 Å². The highest BCUT2D eigenvalue weighted by Crippen LogP contribution is 2.36. The van der Waals surface area contributed by atoms with Crippen LogP contribution in [0.4, 0.5) is 0 Å². The highest BCUT2D eigenvalue weighted by molar-refractivity contribution is 6.04. The van der Waals surface area contributed by atoms with Crippen molar-refractivity contribution >= 4 is 21.9 Å². The van der Waals surface area contributed by atoms with Crippen molar-refractivity contribution in [2.45, 2.75) is 18.9 Å². The Bertz CT molecular complexity index is 1460. The summed E-state index contributed by atoms with van der Waals surface area (Å²) in [4.78, 5) is 19.5. The van der Waals surface area contributed by atoms with Crippen molar-refractivity contribution in [3.63, 3.8) is 0 Å². The fourth-order valence-corrected chi connectivity index (χ4v) is 3.95. The summed E-state index contributed by atoms with van der Waals surface area (Å²) in [6.45, 7) is 0.644. The number of fused-ring (bicyclic) bond motifs is 3. The fraction of sp³-hybridized carbons (Fsp3) is 0.120. The summed E-state index contributed by atoms with van der Waals surface area (Å²) >= 11 is 0. The third kappa shape index (κ3) is 3.42. The Morgan fingerprint density at radius 1 is 0.903 bits per heavy atom. The van der Waals surface area contributed by atoms with Crippen LogP contribution in [-0.4, -0.2) is 16.2 Å². The SMILES string of the molecule is O=c1cc(C2OC2NCc2ccc3oc4ccccc4c3c2)nc(-c2ccccc2)[nH]1. The van der Waals surface area contributed by atoms with Gasteiger partial charge in [0.1, 0.15) is 29.3 Å². The summed E-state index contributed by atoms with van der Waals surface area (Å²) < 4.78 is 11.7. The minimum atomic E-state index is -0.233. The molecular weight excluding hydrogens is 390 g/mol. The number of para-hydroxylation sites is 1. The number of rotatable bonds is 5. The first-order valence-electron chi connectivity index (χ1n) is 10.2. The molecule has 3 heterocycles. The quantitative estimate of drug-likeness (QED) is 0.417. The van der Waals surface area contributed by atoms with Gasteiger partial charge in [-0.25, -0.2) is 4.98 Å². The number of hydrogen-bond donors (Lipinski definition) is 2. The predicted molar refractivity (Wildman–Crippen MR) is 118 cm³/mol. The number of nitrogens with zero attached hydrogens (tertiary/aromatic N) is 1. The predicted octanol–water partition coefficient (Wildman–Crippen LogP) is 4.52. The standard InChI is InChI=1S/C25H19N3O3/c29-22-13-19(27-24(28-22)16-6-2-1-3-7-16)23-25(31-23)26-14-15-10-11-21-18(12-15)17-8-4-5-9-20(17)30-21/h1-13,23,25-26H,14H2,(H,27,28,29). The molecule has 0 spiro atoms. The summed E-state index contributed by atoms with van der Waals surface area (Å²) in [5.41, 5.74) is 4.23. The molecule has 31 heavy (non-hydrogen) atoms. The van der Waals surface area contributed by atoms with E-state index in [1.54, 1.807) is 0 Å². The molecule has 3 aromatic carbocycles. The highest BCUT2D eigenvalue weighted by Gasteiger charge is 2.41. The Morgan fingerprint density at radius 3 is 2.61 bits per heavy atom.